The maximum absolute atomic E-state index is 12.7. The summed E-state index contributed by atoms with van der Waals surface area (Å²) in [6, 6.07) is 17.1. The van der Waals surface area contributed by atoms with Crippen LogP contribution in [0.5, 0.6) is 0 Å². The summed E-state index contributed by atoms with van der Waals surface area (Å²) in [6.07, 6.45) is 0. The number of anilines is 1. The van der Waals surface area contributed by atoms with Gasteiger partial charge in [0.05, 0.1) is 29.0 Å². The van der Waals surface area contributed by atoms with Crippen molar-refractivity contribution < 1.29 is 4.79 Å². The van der Waals surface area contributed by atoms with Crippen LogP contribution in [0.15, 0.2) is 59.1 Å². The van der Waals surface area contributed by atoms with Crippen molar-refractivity contribution in [1.29, 1.82) is 0 Å². The molecule has 8 heteroatoms. The van der Waals surface area contributed by atoms with Gasteiger partial charge in [0, 0.05) is 22.3 Å². The third-order valence-electron chi connectivity index (χ3n) is 5.29. The van der Waals surface area contributed by atoms with Crippen LogP contribution in [-0.4, -0.2) is 25.5 Å². The molecule has 0 atom stereocenters. The van der Waals surface area contributed by atoms with E-state index in [0.29, 0.717) is 29.5 Å². The molecule has 2 aromatic heterocycles. The van der Waals surface area contributed by atoms with Crippen molar-refractivity contribution in [3.05, 3.63) is 97.9 Å². The zero-order chi connectivity index (χ0) is 22.8. The van der Waals surface area contributed by atoms with Crippen LogP contribution in [0.25, 0.3) is 0 Å². The van der Waals surface area contributed by atoms with Crippen LogP contribution in [0.3, 0.4) is 0 Å². The predicted octanol–water partition coefficient (Wildman–Crippen LogP) is 5.77. The van der Waals surface area contributed by atoms with Crippen molar-refractivity contribution in [3.63, 3.8) is 0 Å². The molecule has 0 fully saturated rings. The first-order valence-electron chi connectivity index (χ1n) is 10.2. The fourth-order valence-electron chi connectivity index (χ4n) is 3.49. The molecule has 164 valence electrons. The Morgan fingerprint density at radius 1 is 0.969 bits per heavy atom. The highest BCUT2D eigenvalue weighted by Crippen LogP contribution is 2.21. The number of carbonyl (C=O) groups excluding carboxylic acids is 1. The Balaban J connectivity index is 1.42. The van der Waals surface area contributed by atoms with Gasteiger partial charge in [-0.05, 0) is 72.1 Å². The molecule has 0 aliphatic rings. The fourth-order valence-corrected chi connectivity index (χ4v) is 3.99. The van der Waals surface area contributed by atoms with Gasteiger partial charge in [-0.3, -0.25) is 14.2 Å². The Hall–Kier alpha value is -2.90. The van der Waals surface area contributed by atoms with E-state index >= 15 is 0 Å². The molecule has 0 radical (unpaired) electrons. The first-order valence-corrected chi connectivity index (χ1v) is 11.4. The van der Waals surface area contributed by atoms with Crippen molar-refractivity contribution in [2.75, 3.05) is 5.32 Å². The molecular formula is C24H23BrClN5O. The number of aromatic nitrogens is 4. The molecule has 0 spiro atoms. The van der Waals surface area contributed by atoms with Crippen LogP contribution in [0.4, 0.5) is 5.82 Å². The third-order valence-corrected chi connectivity index (χ3v) is 6.67. The zero-order valence-electron chi connectivity index (χ0n) is 18.1. The van der Waals surface area contributed by atoms with Crippen LogP contribution in [-0.2, 0) is 13.1 Å². The number of amides is 1. The monoisotopic (exact) mass is 511 g/mol. The molecule has 2 heterocycles. The SMILES string of the molecule is Cc1nn(Cc2ccc(C(=O)Nc3cc(C)n(Cc4cccc(Cl)c4)n3)cc2)c(C)c1Br. The number of hydrogen-bond acceptors (Lipinski definition) is 3. The minimum Gasteiger partial charge on any atom is -0.305 e. The molecule has 0 bridgehead atoms. The summed E-state index contributed by atoms with van der Waals surface area (Å²) < 4.78 is 4.82. The van der Waals surface area contributed by atoms with Gasteiger partial charge in [0.25, 0.3) is 5.91 Å². The Bertz CT molecular complexity index is 1280. The van der Waals surface area contributed by atoms with Gasteiger partial charge >= 0.3 is 0 Å². The van der Waals surface area contributed by atoms with Crippen LogP contribution < -0.4 is 5.32 Å². The molecule has 32 heavy (non-hydrogen) atoms. The molecule has 0 unspecified atom stereocenters. The van der Waals surface area contributed by atoms with Crippen LogP contribution in [0, 0.1) is 20.8 Å². The molecule has 0 saturated heterocycles. The molecule has 1 amide bonds. The maximum Gasteiger partial charge on any atom is 0.256 e. The quantitative estimate of drug-likeness (QED) is 0.357. The van der Waals surface area contributed by atoms with Crippen LogP contribution in [0.1, 0.15) is 38.6 Å². The summed E-state index contributed by atoms with van der Waals surface area (Å²) >= 11 is 9.63. The number of carbonyl (C=O) groups is 1. The third kappa shape index (κ3) is 4.95. The van der Waals surface area contributed by atoms with Gasteiger partial charge in [-0.2, -0.15) is 10.2 Å². The van der Waals surface area contributed by atoms with E-state index in [1.165, 1.54) is 0 Å². The number of nitrogens with zero attached hydrogens (tertiary/aromatic N) is 4. The predicted molar refractivity (Wildman–Crippen MR) is 130 cm³/mol. The summed E-state index contributed by atoms with van der Waals surface area (Å²) in [5, 5.41) is 12.6. The van der Waals surface area contributed by atoms with Gasteiger partial charge in [0.2, 0.25) is 0 Å². The molecule has 6 nitrogen and oxygen atoms in total. The van der Waals surface area contributed by atoms with Gasteiger partial charge in [-0.15, -0.1) is 0 Å². The van der Waals surface area contributed by atoms with E-state index in [-0.39, 0.29) is 5.91 Å². The molecule has 4 aromatic rings. The van der Waals surface area contributed by atoms with E-state index in [2.05, 4.69) is 31.4 Å². The zero-order valence-corrected chi connectivity index (χ0v) is 20.4. The van der Waals surface area contributed by atoms with E-state index in [9.17, 15) is 4.79 Å². The highest BCUT2D eigenvalue weighted by atomic mass is 79.9. The lowest BCUT2D eigenvalue weighted by molar-refractivity contribution is 0.102. The topological polar surface area (TPSA) is 64.7 Å². The normalized spacial score (nSPS) is 11.0. The molecule has 0 saturated carbocycles. The number of halogens is 2. The highest BCUT2D eigenvalue weighted by Gasteiger charge is 2.12. The minimum absolute atomic E-state index is 0.196. The highest BCUT2D eigenvalue weighted by molar-refractivity contribution is 9.10. The Morgan fingerprint density at radius 2 is 1.69 bits per heavy atom. The lowest BCUT2D eigenvalue weighted by atomic mass is 10.1. The molecule has 0 aliphatic carbocycles. The van der Waals surface area contributed by atoms with Gasteiger partial charge in [0.1, 0.15) is 0 Å². The Morgan fingerprint density at radius 3 is 2.34 bits per heavy atom. The molecule has 4 rings (SSSR count). The smallest absolute Gasteiger partial charge is 0.256 e. The lowest BCUT2D eigenvalue weighted by Gasteiger charge is -2.07. The molecule has 2 aromatic carbocycles. The maximum atomic E-state index is 12.7. The largest absolute Gasteiger partial charge is 0.305 e. The van der Waals surface area contributed by atoms with Gasteiger partial charge in [0.15, 0.2) is 5.82 Å². The van der Waals surface area contributed by atoms with Crippen molar-refractivity contribution in [1.82, 2.24) is 19.6 Å². The number of benzene rings is 2. The van der Waals surface area contributed by atoms with Gasteiger partial charge < -0.3 is 5.32 Å². The first kappa shape index (κ1) is 22.3. The standard InChI is InChI=1S/C24H23BrClN5O/c1-15-11-22(29-30(15)14-19-5-4-6-21(26)12-19)27-24(32)20-9-7-18(8-10-20)13-31-17(3)23(25)16(2)28-31/h4-12H,13-14H2,1-3H3,(H,27,29,32). The van der Waals surface area contributed by atoms with Gasteiger partial charge in [-0.1, -0.05) is 35.9 Å². The van der Waals surface area contributed by atoms with Crippen LogP contribution in [0.2, 0.25) is 5.02 Å². The summed E-state index contributed by atoms with van der Waals surface area (Å²) in [5.41, 5.74) is 5.68. The van der Waals surface area contributed by atoms with Crippen molar-refractivity contribution >= 4 is 39.3 Å². The van der Waals surface area contributed by atoms with E-state index in [4.69, 9.17) is 11.6 Å². The van der Waals surface area contributed by atoms with Crippen molar-refractivity contribution in [2.24, 2.45) is 0 Å². The van der Waals surface area contributed by atoms with E-state index in [1.807, 2.05) is 84.7 Å². The van der Waals surface area contributed by atoms with Crippen molar-refractivity contribution in [2.45, 2.75) is 33.9 Å². The minimum atomic E-state index is -0.196. The second-order valence-corrected chi connectivity index (χ2v) is 8.98. The van der Waals surface area contributed by atoms with E-state index in [0.717, 1.165) is 32.7 Å². The molecular weight excluding hydrogens is 490 g/mol. The second kappa shape index (κ2) is 9.30. The number of rotatable bonds is 6. The summed E-state index contributed by atoms with van der Waals surface area (Å²) in [5.74, 6) is 0.323. The molecule has 1 N–H and O–H groups in total. The average Bonchev–Trinajstić information content (AvgIpc) is 3.22. The average molecular weight is 513 g/mol. The second-order valence-electron chi connectivity index (χ2n) is 7.75. The summed E-state index contributed by atoms with van der Waals surface area (Å²) in [7, 11) is 0. The number of aryl methyl sites for hydroxylation is 2. The Kier molecular flexibility index (Phi) is 6.48. The molecule has 0 aliphatic heterocycles. The van der Waals surface area contributed by atoms with Gasteiger partial charge in [-0.25, -0.2) is 0 Å². The Labute approximate surface area is 200 Å². The number of nitrogens with one attached hydrogen (secondary N) is 1. The number of hydrogen-bond donors (Lipinski definition) is 1. The van der Waals surface area contributed by atoms with Crippen molar-refractivity contribution in [3.8, 4) is 0 Å². The van der Waals surface area contributed by atoms with E-state index < -0.39 is 0 Å². The summed E-state index contributed by atoms with van der Waals surface area (Å²) in [4.78, 5) is 12.7. The lowest BCUT2D eigenvalue weighted by Crippen LogP contribution is -2.13. The first-order chi connectivity index (χ1) is 15.3. The summed E-state index contributed by atoms with van der Waals surface area (Å²) in [6.45, 7) is 7.18. The van der Waals surface area contributed by atoms with E-state index in [1.54, 1.807) is 0 Å². The fraction of sp³-hybridized carbons (Fsp3) is 0.208. The van der Waals surface area contributed by atoms with Crippen LogP contribution >= 0.6 is 27.5 Å².